The first-order chi connectivity index (χ1) is 12.7. The summed E-state index contributed by atoms with van der Waals surface area (Å²) in [4.78, 5) is 28.5. The Morgan fingerprint density at radius 3 is 2.54 bits per heavy atom. The number of nitrogens with one attached hydrogen (secondary N) is 1. The van der Waals surface area contributed by atoms with Crippen LogP contribution >= 0.6 is 0 Å². The lowest BCUT2D eigenvalue weighted by molar-refractivity contribution is -0.116. The minimum atomic E-state index is -0.372. The molecular weight excluding hydrogens is 330 g/mol. The zero-order valence-electron chi connectivity index (χ0n) is 13.8. The molecule has 0 aliphatic carbocycles. The van der Waals surface area contributed by atoms with Gasteiger partial charge in [0.15, 0.2) is 17.4 Å². The van der Waals surface area contributed by atoms with Gasteiger partial charge < -0.3 is 5.32 Å². The Morgan fingerprint density at radius 2 is 1.85 bits per heavy atom. The SMILES string of the molecule is N#Cc1cnn(-c2ccccn2)c1NC(=O)CCC(=O)c1ccccc1. The summed E-state index contributed by atoms with van der Waals surface area (Å²) < 4.78 is 1.38. The van der Waals surface area contributed by atoms with Crippen LogP contribution in [0.2, 0.25) is 0 Å². The standard InChI is InChI=1S/C19H15N5O2/c20-12-15-13-22-24(17-8-4-5-11-21-17)19(15)23-18(26)10-9-16(25)14-6-2-1-3-7-14/h1-8,11,13H,9-10H2,(H,23,26). The minimum absolute atomic E-state index is 0.00595. The van der Waals surface area contributed by atoms with Gasteiger partial charge in [0, 0.05) is 24.6 Å². The molecule has 3 aromatic rings. The fourth-order valence-electron chi connectivity index (χ4n) is 2.39. The number of hydrogen-bond donors (Lipinski definition) is 1. The fourth-order valence-corrected chi connectivity index (χ4v) is 2.39. The predicted molar refractivity (Wildman–Crippen MR) is 94.7 cm³/mol. The van der Waals surface area contributed by atoms with Gasteiger partial charge in [-0.15, -0.1) is 0 Å². The van der Waals surface area contributed by atoms with Gasteiger partial charge in [0.05, 0.1) is 6.20 Å². The molecule has 128 valence electrons. The van der Waals surface area contributed by atoms with E-state index in [-0.39, 0.29) is 35.9 Å². The molecule has 7 nitrogen and oxygen atoms in total. The first kappa shape index (κ1) is 17.0. The zero-order chi connectivity index (χ0) is 18.4. The maximum Gasteiger partial charge on any atom is 0.226 e. The van der Waals surface area contributed by atoms with Crippen molar-refractivity contribution in [3.8, 4) is 11.9 Å². The number of pyridine rings is 1. The van der Waals surface area contributed by atoms with E-state index in [1.807, 2.05) is 12.1 Å². The van der Waals surface area contributed by atoms with Crippen molar-refractivity contribution >= 4 is 17.5 Å². The van der Waals surface area contributed by atoms with Crippen LogP contribution < -0.4 is 5.32 Å². The average Bonchev–Trinajstić information content (AvgIpc) is 3.10. The van der Waals surface area contributed by atoms with Crippen molar-refractivity contribution in [1.82, 2.24) is 14.8 Å². The Bertz CT molecular complexity index is 959. The number of hydrogen-bond acceptors (Lipinski definition) is 5. The third-order valence-corrected chi connectivity index (χ3v) is 3.69. The van der Waals surface area contributed by atoms with Crippen LogP contribution in [0.4, 0.5) is 5.82 Å². The molecule has 3 rings (SSSR count). The van der Waals surface area contributed by atoms with E-state index in [1.165, 1.54) is 10.9 Å². The number of carbonyl (C=O) groups excluding carboxylic acids is 2. The van der Waals surface area contributed by atoms with E-state index in [2.05, 4.69) is 15.4 Å². The van der Waals surface area contributed by atoms with E-state index < -0.39 is 0 Å². The molecule has 0 fully saturated rings. The molecule has 2 heterocycles. The normalized spacial score (nSPS) is 10.1. The fraction of sp³-hybridized carbons (Fsp3) is 0.105. The van der Waals surface area contributed by atoms with Crippen molar-refractivity contribution in [3.63, 3.8) is 0 Å². The van der Waals surface area contributed by atoms with Gasteiger partial charge >= 0.3 is 0 Å². The van der Waals surface area contributed by atoms with Crippen LogP contribution in [0.3, 0.4) is 0 Å². The summed E-state index contributed by atoms with van der Waals surface area (Å²) in [5, 5.41) is 16.0. The first-order valence-electron chi connectivity index (χ1n) is 7.96. The van der Waals surface area contributed by atoms with Gasteiger partial charge in [-0.3, -0.25) is 9.59 Å². The third-order valence-electron chi connectivity index (χ3n) is 3.69. The Morgan fingerprint density at radius 1 is 1.08 bits per heavy atom. The molecule has 2 aromatic heterocycles. The van der Waals surface area contributed by atoms with E-state index in [0.717, 1.165) is 0 Å². The summed E-state index contributed by atoms with van der Waals surface area (Å²) in [6.45, 7) is 0. The van der Waals surface area contributed by atoms with Crippen molar-refractivity contribution in [2.24, 2.45) is 0 Å². The number of Topliss-reactive ketones (excluding diaryl/α,β-unsaturated/α-hetero) is 1. The summed E-state index contributed by atoms with van der Waals surface area (Å²) >= 11 is 0. The van der Waals surface area contributed by atoms with Crippen molar-refractivity contribution in [1.29, 1.82) is 5.26 Å². The Kier molecular flexibility index (Phi) is 5.15. The van der Waals surface area contributed by atoms with Gasteiger partial charge in [-0.1, -0.05) is 36.4 Å². The number of rotatable bonds is 6. The summed E-state index contributed by atoms with van der Waals surface area (Å²) in [6, 6.07) is 16.0. The largest absolute Gasteiger partial charge is 0.309 e. The van der Waals surface area contributed by atoms with E-state index >= 15 is 0 Å². The minimum Gasteiger partial charge on any atom is -0.309 e. The van der Waals surface area contributed by atoms with Gasteiger partial charge in [-0.05, 0) is 12.1 Å². The molecule has 1 aromatic carbocycles. The Hall–Kier alpha value is -3.79. The van der Waals surface area contributed by atoms with Crippen LogP contribution in [0.15, 0.2) is 60.9 Å². The van der Waals surface area contributed by atoms with Gasteiger partial charge in [0.25, 0.3) is 0 Å². The summed E-state index contributed by atoms with van der Waals surface area (Å²) in [7, 11) is 0. The van der Waals surface area contributed by atoms with Crippen LogP contribution in [0.5, 0.6) is 0 Å². The molecule has 0 aliphatic rings. The lowest BCUT2D eigenvalue weighted by atomic mass is 10.1. The predicted octanol–water partition coefficient (Wildman–Crippen LogP) is 2.74. The lowest BCUT2D eigenvalue weighted by Crippen LogP contribution is -2.17. The van der Waals surface area contributed by atoms with Crippen LogP contribution in [-0.2, 0) is 4.79 Å². The number of benzene rings is 1. The van der Waals surface area contributed by atoms with Crippen molar-refractivity contribution in [2.45, 2.75) is 12.8 Å². The number of nitriles is 1. The molecule has 0 saturated heterocycles. The molecule has 0 radical (unpaired) electrons. The number of nitrogens with zero attached hydrogens (tertiary/aromatic N) is 4. The topological polar surface area (TPSA) is 101 Å². The van der Waals surface area contributed by atoms with E-state index in [9.17, 15) is 14.9 Å². The van der Waals surface area contributed by atoms with Gasteiger partial charge in [0.2, 0.25) is 5.91 Å². The Balaban J connectivity index is 1.71. The maximum atomic E-state index is 12.3. The zero-order valence-corrected chi connectivity index (χ0v) is 13.8. The number of anilines is 1. The van der Waals surface area contributed by atoms with Crippen molar-refractivity contribution in [2.75, 3.05) is 5.32 Å². The second kappa shape index (κ2) is 7.85. The van der Waals surface area contributed by atoms with Gasteiger partial charge in [0.1, 0.15) is 11.6 Å². The first-order valence-corrected chi connectivity index (χ1v) is 7.96. The molecule has 0 atom stereocenters. The quantitative estimate of drug-likeness (QED) is 0.692. The number of amides is 1. The van der Waals surface area contributed by atoms with E-state index in [1.54, 1.807) is 48.7 Å². The van der Waals surface area contributed by atoms with Crippen molar-refractivity contribution < 1.29 is 9.59 Å². The molecule has 0 aliphatic heterocycles. The monoisotopic (exact) mass is 345 g/mol. The second-order valence-corrected chi connectivity index (χ2v) is 5.46. The van der Waals surface area contributed by atoms with Crippen LogP contribution in [0, 0.1) is 11.3 Å². The number of aromatic nitrogens is 3. The lowest BCUT2D eigenvalue weighted by Gasteiger charge is -2.08. The highest BCUT2D eigenvalue weighted by Gasteiger charge is 2.16. The molecule has 7 heteroatoms. The molecule has 1 N–H and O–H groups in total. The molecule has 0 saturated carbocycles. The smallest absolute Gasteiger partial charge is 0.226 e. The van der Waals surface area contributed by atoms with Gasteiger partial charge in [-0.25, -0.2) is 4.98 Å². The summed E-state index contributed by atoms with van der Waals surface area (Å²) in [6.07, 6.45) is 3.04. The number of ketones is 1. The molecule has 0 spiro atoms. The molecule has 1 amide bonds. The summed E-state index contributed by atoms with van der Waals surface area (Å²) in [5.41, 5.74) is 0.787. The molecule has 0 unspecified atom stereocenters. The highest BCUT2D eigenvalue weighted by molar-refractivity contribution is 6.00. The Labute approximate surface area is 149 Å². The highest BCUT2D eigenvalue weighted by Crippen LogP contribution is 2.18. The number of carbonyl (C=O) groups is 2. The molecule has 26 heavy (non-hydrogen) atoms. The van der Waals surface area contributed by atoms with Crippen LogP contribution in [-0.4, -0.2) is 26.5 Å². The van der Waals surface area contributed by atoms with Crippen LogP contribution in [0.1, 0.15) is 28.8 Å². The van der Waals surface area contributed by atoms with Crippen molar-refractivity contribution in [3.05, 3.63) is 72.1 Å². The highest BCUT2D eigenvalue weighted by atomic mass is 16.2. The summed E-state index contributed by atoms with van der Waals surface area (Å²) in [5.74, 6) is 0.232. The third kappa shape index (κ3) is 3.82. The van der Waals surface area contributed by atoms with Crippen LogP contribution in [0.25, 0.3) is 5.82 Å². The van der Waals surface area contributed by atoms with E-state index in [4.69, 9.17) is 0 Å². The second-order valence-electron chi connectivity index (χ2n) is 5.46. The molecule has 0 bridgehead atoms. The van der Waals surface area contributed by atoms with Gasteiger partial charge in [-0.2, -0.15) is 15.0 Å². The van der Waals surface area contributed by atoms with E-state index in [0.29, 0.717) is 11.4 Å². The molecular formula is C19H15N5O2. The average molecular weight is 345 g/mol. The maximum absolute atomic E-state index is 12.3.